The predicted molar refractivity (Wildman–Crippen MR) is 94.7 cm³/mol. The molecule has 1 aromatic carbocycles. The summed E-state index contributed by atoms with van der Waals surface area (Å²) in [5, 5.41) is 2.96. The van der Waals surface area contributed by atoms with Gasteiger partial charge in [-0.1, -0.05) is 17.7 Å². The van der Waals surface area contributed by atoms with E-state index in [0.717, 1.165) is 26.3 Å². The van der Waals surface area contributed by atoms with Gasteiger partial charge in [-0.3, -0.25) is 9.69 Å². The molecule has 2 heterocycles. The van der Waals surface area contributed by atoms with Crippen LogP contribution in [0.3, 0.4) is 0 Å². The summed E-state index contributed by atoms with van der Waals surface area (Å²) in [5.74, 6) is 1.45. The van der Waals surface area contributed by atoms with E-state index in [0.29, 0.717) is 13.1 Å². The Hall–Kier alpha value is -1.76. The SMILES string of the molecule is C[C@@H](C(=O)NCc1ccc2c(c1)OCO2)N(C)Cc1ccc(Cl)s1. The third-order valence-corrected chi connectivity index (χ3v) is 5.19. The Kier molecular flexibility index (Phi) is 5.28. The summed E-state index contributed by atoms with van der Waals surface area (Å²) >= 11 is 7.48. The van der Waals surface area contributed by atoms with Crippen LogP contribution in [-0.2, 0) is 17.9 Å². The van der Waals surface area contributed by atoms with Crippen molar-refractivity contribution in [1.82, 2.24) is 10.2 Å². The maximum Gasteiger partial charge on any atom is 0.237 e. The van der Waals surface area contributed by atoms with Crippen LogP contribution >= 0.6 is 22.9 Å². The summed E-state index contributed by atoms with van der Waals surface area (Å²) in [6, 6.07) is 9.31. The topological polar surface area (TPSA) is 50.8 Å². The molecule has 1 aromatic heterocycles. The van der Waals surface area contributed by atoms with Crippen LogP contribution in [0, 0.1) is 0 Å². The first kappa shape index (κ1) is 17.1. The number of nitrogens with one attached hydrogen (secondary N) is 1. The fourth-order valence-electron chi connectivity index (χ4n) is 2.41. The Morgan fingerprint density at radius 3 is 2.88 bits per heavy atom. The summed E-state index contributed by atoms with van der Waals surface area (Å²) in [6.07, 6.45) is 0. The number of ether oxygens (including phenoxy) is 2. The van der Waals surface area contributed by atoms with Crippen LogP contribution in [0.4, 0.5) is 0 Å². The van der Waals surface area contributed by atoms with Gasteiger partial charge in [0.15, 0.2) is 11.5 Å². The monoisotopic (exact) mass is 366 g/mol. The van der Waals surface area contributed by atoms with Gasteiger partial charge in [-0.25, -0.2) is 0 Å². The average Bonchev–Trinajstić information content (AvgIpc) is 3.19. The van der Waals surface area contributed by atoms with E-state index in [9.17, 15) is 4.79 Å². The van der Waals surface area contributed by atoms with Crippen molar-refractivity contribution in [3.05, 3.63) is 45.1 Å². The van der Waals surface area contributed by atoms with Gasteiger partial charge in [0, 0.05) is 18.0 Å². The van der Waals surface area contributed by atoms with Crippen LogP contribution in [-0.4, -0.2) is 30.7 Å². The maximum absolute atomic E-state index is 12.4. The van der Waals surface area contributed by atoms with Gasteiger partial charge < -0.3 is 14.8 Å². The summed E-state index contributed by atoms with van der Waals surface area (Å²) in [7, 11) is 1.93. The zero-order valence-electron chi connectivity index (χ0n) is 13.5. The van der Waals surface area contributed by atoms with Crippen LogP contribution in [0.25, 0.3) is 0 Å². The highest BCUT2D eigenvalue weighted by Gasteiger charge is 2.19. The number of thiophene rings is 1. The molecular weight excluding hydrogens is 348 g/mol. The summed E-state index contributed by atoms with van der Waals surface area (Å²) < 4.78 is 11.4. The number of halogens is 1. The van der Waals surface area contributed by atoms with Crippen molar-refractivity contribution in [3.8, 4) is 11.5 Å². The largest absolute Gasteiger partial charge is 0.454 e. The van der Waals surface area contributed by atoms with Crippen molar-refractivity contribution in [3.63, 3.8) is 0 Å². The second-order valence-corrected chi connectivity index (χ2v) is 7.50. The van der Waals surface area contributed by atoms with Gasteiger partial charge in [0.05, 0.1) is 10.4 Å². The molecule has 1 aliphatic rings. The van der Waals surface area contributed by atoms with E-state index < -0.39 is 0 Å². The normalized spacial score (nSPS) is 14.0. The third-order valence-electron chi connectivity index (χ3n) is 3.98. The van der Waals surface area contributed by atoms with Crippen molar-refractivity contribution < 1.29 is 14.3 Å². The number of benzene rings is 1. The third kappa shape index (κ3) is 4.01. The highest BCUT2D eigenvalue weighted by Crippen LogP contribution is 2.32. The van der Waals surface area contributed by atoms with Crippen LogP contribution in [0.1, 0.15) is 17.4 Å². The number of hydrogen-bond donors (Lipinski definition) is 1. The van der Waals surface area contributed by atoms with E-state index >= 15 is 0 Å². The van der Waals surface area contributed by atoms with Crippen LogP contribution in [0.2, 0.25) is 4.34 Å². The lowest BCUT2D eigenvalue weighted by atomic mass is 10.2. The molecule has 24 heavy (non-hydrogen) atoms. The average molecular weight is 367 g/mol. The van der Waals surface area contributed by atoms with Crippen molar-refractivity contribution in [2.24, 2.45) is 0 Å². The lowest BCUT2D eigenvalue weighted by molar-refractivity contribution is -0.125. The molecule has 0 fully saturated rings. The number of nitrogens with zero attached hydrogens (tertiary/aromatic N) is 1. The Morgan fingerprint density at radius 1 is 1.33 bits per heavy atom. The van der Waals surface area contributed by atoms with Crippen LogP contribution in [0.5, 0.6) is 11.5 Å². The lowest BCUT2D eigenvalue weighted by Gasteiger charge is -2.23. The van der Waals surface area contributed by atoms with Gasteiger partial charge >= 0.3 is 0 Å². The fraction of sp³-hybridized carbons (Fsp3) is 0.353. The molecule has 2 aromatic rings. The molecule has 0 saturated heterocycles. The molecule has 0 unspecified atom stereocenters. The van der Waals surface area contributed by atoms with Gasteiger partial charge in [0.25, 0.3) is 0 Å². The molecule has 1 N–H and O–H groups in total. The number of fused-ring (bicyclic) bond motifs is 1. The van der Waals surface area contributed by atoms with Crippen molar-refractivity contribution >= 4 is 28.8 Å². The quantitative estimate of drug-likeness (QED) is 0.852. The van der Waals surface area contributed by atoms with Crippen LogP contribution in [0.15, 0.2) is 30.3 Å². The van der Waals surface area contributed by atoms with Crippen LogP contribution < -0.4 is 14.8 Å². The molecule has 128 valence electrons. The highest BCUT2D eigenvalue weighted by atomic mass is 35.5. The second-order valence-electron chi connectivity index (χ2n) is 5.70. The standard InChI is InChI=1S/C17H19ClN2O3S/c1-11(20(2)9-13-4-6-16(18)24-13)17(21)19-8-12-3-5-14-15(7-12)23-10-22-14/h3-7,11H,8-10H2,1-2H3,(H,19,21)/t11-/m0/s1. The smallest absolute Gasteiger partial charge is 0.237 e. The number of amides is 1. The van der Waals surface area contributed by atoms with E-state index in [1.807, 2.05) is 49.2 Å². The molecule has 0 saturated carbocycles. The molecular formula is C17H19ClN2O3S. The molecule has 1 aliphatic heterocycles. The van der Waals surface area contributed by atoms with Gasteiger partial charge in [-0.15, -0.1) is 11.3 Å². The first-order chi connectivity index (χ1) is 11.5. The fourth-order valence-corrected chi connectivity index (χ4v) is 3.56. The zero-order chi connectivity index (χ0) is 17.1. The summed E-state index contributed by atoms with van der Waals surface area (Å²) in [5.41, 5.74) is 0.979. The first-order valence-electron chi connectivity index (χ1n) is 7.63. The Bertz CT molecular complexity index is 734. The highest BCUT2D eigenvalue weighted by molar-refractivity contribution is 7.16. The summed E-state index contributed by atoms with van der Waals surface area (Å²) in [4.78, 5) is 15.5. The Morgan fingerprint density at radius 2 is 2.12 bits per heavy atom. The van der Waals surface area contributed by atoms with Crippen molar-refractivity contribution in [2.45, 2.75) is 26.1 Å². The van der Waals surface area contributed by atoms with E-state index in [1.165, 1.54) is 11.3 Å². The maximum atomic E-state index is 12.4. The molecule has 0 bridgehead atoms. The van der Waals surface area contributed by atoms with Gasteiger partial charge in [-0.2, -0.15) is 0 Å². The van der Waals surface area contributed by atoms with Gasteiger partial charge in [0.1, 0.15) is 0 Å². The second kappa shape index (κ2) is 7.42. The molecule has 1 amide bonds. The van der Waals surface area contributed by atoms with E-state index in [2.05, 4.69) is 5.32 Å². The minimum atomic E-state index is -0.236. The van der Waals surface area contributed by atoms with E-state index in [1.54, 1.807) is 0 Å². The molecule has 5 nitrogen and oxygen atoms in total. The van der Waals surface area contributed by atoms with E-state index in [-0.39, 0.29) is 18.7 Å². The number of carbonyl (C=O) groups excluding carboxylic acids is 1. The molecule has 0 aliphatic carbocycles. The Labute approximate surface area is 150 Å². The molecule has 7 heteroatoms. The Balaban J connectivity index is 1.52. The number of rotatable bonds is 6. The molecule has 0 radical (unpaired) electrons. The predicted octanol–water partition coefficient (Wildman–Crippen LogP) is 3.27. The molecule has 1 atom stereocenters. The number of likely N-dealkylation sites (N-methyl/N-ethyl adjacent to an activating group) is 1. The molecule has 3 rings (SSSR count). The molecule has 0 spiro atoms. The minimum absolute atomic E-state index is 0.0159. The van der Waals surface area contributed by atoms with Crippen molar-refractivity contribution in [1.29, 1.82) is 0 Å². The number of carbonyl (C=O) groups is 1. The lowest BCUT2D eigenvalue weighted by Crippen LogP contribution is -2.42. The van der Waals surface area contributed by atoms with Gasteiger partial charge in [0.2, 0.25) is 12.7 Å². The minimum Gasteiger partial charge on any atom is -0.454 e. The zero-order valence-corrected chi connectivity index (χ0v) is 15.1. The van der Waals surface area contributed by atoms with E-state index in [4.69, 9.17) is 21.1 Å². The van der Waals surface area contributed by atoms with Gasteiger partial charge in [-0.05, 0) is 43.8 Å². The summed E-state index contributed by atoms with van der Waals surface area (Å²) in [6.45, 7) is 3.29. The van der Waals surface area contributed by atoms with Crippen molar-refractivity contribution in [2.75, 3.05) is 13.8 Å². The first-order valence-corrected chi connectivity index (χ1v) is 8.83. The number of hydrogen-bond acceptors (Lipinski definition) is 5.